The van der Waals surface area contributed by atoms with Crippen molar-refractivity contribution in [2.24, 2.45) is 0 Å². The molecule has 0 aromatic heterocycles. The molecule has 0 radical (unpaired) electrons. The normalized spacial score (nSPS) is 17.0. The van der Waals surface area contributed by atoms with E-state index in [1.807, 2.05) is 0 Å². The molecule has 0 aliphatic carbocycles. The van der Waals surface area contributed by atoms with Crippen LogP contribution in [0.15, 0.2) is 41.3 Å². The third-order valence-electron chi connectivity index (χ3n) is 7.85. The lowest BCUT2D eigenvalue weighted by atomic mass is 10.0. The van der Waals surface area contributed by atoms with Gasteiger partial charge in [-0.25, -0.2) is 17.5 Å². The summed E-state index contributed by atoms with van der Waals surface area (Å²) in [6.45, 7) is 7.53. The van der Waals surface area contributed by atoms with Crippen LogP contribution in [0.4, 0.5) is 37.7 Å². The molecule has 2 aromatic rings. The SMILES string of the molecule is CCOP(=O)(OCC)C(CC)(CC)COc1cc2c(cc1C(F)(F)F)N(c1ccc(F)cc1)C[C@@H](CCC(C)(F)F)N(C)S2. The first-order valence-corrected chi connectivity index (χ1v) is 16.9. The summed E-state index contributed by atoms with van der Waals surface area (Å²) in [6.07, 6.45) is -4.68. The number of likely N-dealkylation sites (N-methyl/N-ethyl adjacent to an activating group) is 1. The zero-order chi connectivity index (χ0) is 32.9. The number of halogens is 6. The van der Waals surface area contributed by atoms with E-state index in [9.17, 15) is 30.9 Å². The Morgan fingerprint density at radius 1 is 0.977 bits per heavy atom. The van der Waals surface area contributed by atoms with Crippen molar-refractivity contribution in [3.8, 4) is 5.75 Å². The van der Waals surface area contributed by atoms with Crippen LogP contribution in [-0.2, 0) is 19.8 Å². The summed E-state index contributed by atoms with van der Waals surface area (Å²) >= 11 is 1.11. The number of fused-ring (bicyclic) bond motifs is 1. The molecule has 0 amide bonds. The van der Waals surface area contributed by atoms with Gasteiger partial charge in [0.15, 0.2) is 0 Å². The lowest BCUT2D eigenvalue weighted by Crippen LogP contribution is -2.37. The Balaban J connectivity index is 2.14. The van der Waals surface area contributed by atoms with Gasteiger partial charge in [-0.3, -0.25) is 4.57 Å². The zero-order valence-electron chi connectivity index (χ0n) is 25.8. The first-order valence-electron chi connectivity index (χ1n) is 14.6. The van der Waals surface area contributed by atoms with Crippen molar-refractivity contribution in [3.63, 3.8) is 0 Å². The van der Waals surface area contributed by atoms with E-state index >= 15 is 0 Å². The van der Waals surface area contributed by atoms with Gasteiger partial charge in [0.1, 0.15) is 23.3 Å². The van der Waals surface area contributed by atoms with Crippen molar-refractivity contribution < 1.29 is 44.7 Å². The second-order valence-corrected chi connectivity index (χ2v) is 14.5. The highest BCUT2D eigenvalue weighted by molar-refractivity contribution is 7.97. The number of anilines is 2. The molecule has 0 N–H and O–H groups in total. The summed E-state index contributed by atoms with van der Waals surface area (Å²) in [4.78, 5) is 1.96. The monoisotopic (exact) mass is 670 g/mol. The molecule has 0 bridgehead atoms. The molecule has 0 saturated carbocycles. The Bertz CT molecular complexity index is 1280. The highest BCUT2D eigenvalue weighted by atomic mass is 32.2. The Morgan fingerprint density at radius 2 is 1.57 bits per heavy atom. The molecule has 0 saturated heterocycles. The van der Waals surface area contributed by atoms with Crippen molar-refractivity contribution in [1.29, 1.82) is 0 Å². The number of rotatable bonds is 14. The molecular weight excluding hydrogens is 629 g/mol. The summed E-state index contributed by atoms with van der Waals surface area (Å²) in [5.74, 6) is -3.92. The minimum atomic E-state index is -4.84. The standard InChI is InChI=1S/C30H41F6N2O4PS/c1-7-29(8-2,43(39,41-9-3)42-10-4)20-40-26-18-27-25(17-24(26)30(34,35)36)38(22-13-11-21(31)12-14-22)19-23(37(6)44-27)15-16-28(5,32)33/h11-14,17-18,23H,7-10,15-16,19-20H2,1-6H3/t23-/m1/s1. The highest BCUT2D eigenvalue weighted by Crippen LogP contribution is 2.63. The van der Waals surface area contributed by atoms with Crippen LogP contribution in [-0.4, -0.2) is 54.8 Å². The number of nitrogens with zero attached hydrogens (tertiary/aromatic N) is 2. The van der Waals surface area contributed by atoms with Gasteiger partial charge < -0.3 is 18.7 Å². The Hall–Kier alpha value is -1.92. The first kappa shape index (κ1) is 36.5. The van der Waals surface area contributed by atoms with Crippen LogP contribution < -0.4 is 9.64 Å². The molecule has 2 aromatic carbocycles. The maximum atomic E-state index is 14.6. The summed E-state index contributed by atoms with van der Waals surface area (Å²) < 4.78 is 118. The molecule has 1 aliphatic rings. The van der Waals surface area contributed by atoms with Crippen molar-refractivity contribution >= 4 is 30.9 Å². The van der Waals surface area contributed by atoms with Crippen LogP contribution in [0.5, 0.6) is 5.75 Å². The predicted molar refractivity (Wildman–Crippen MR) is 162 cm³/mol. The van der Waals surface area contributed by atoms with Crippen LogP contribution in [0.2, 0.25) is 0 Å². The van der Waals surface area contributed by atoms with Crippen LogP contribution in [0.25, 0.3) is 0 Å². The smallest absolute Gasteiger partial charge is 0.420 e. The Morgan fingerprint density at radius 3 is 2.07 bits per heavy atom. The van der Waals surface area contributed by atoms with E-state index in [2.05, 4.69) is 0 Å². The Labute approximate surface area is 260 Å². The summed E-state index contributed by atoms with van der Waals surface area (Å²) in [7, 11) is -2.10. The van der Waals surface area contributed by atoms with Gasteiger partial charge in [0.05, 0.1) is 29.4 Å². The summed E-state index contributed by atoms with van der Waals surface area (Å²) in [5, 5.41) is -1.21. The largest absolute Gasteiger partial charge is 0.492 e. The number of benzene rings is 2. The molecule has 248 valence electrons. The molecule has 0 fully saturated rings. The van der Waals surface area contributed by atoms with Gasteiger partial charge in [-0.15, -0.1) is 0 Å². The van der Waals surface area contributed by atoms with E-state index < -0.39 is 54.4 Å². The van der Waals surface area contributed by atoms with Crippen molar-refractivity contribution in [3.05, 3.63) is 47.8 Å². The van der Waals surface area contributed by atoms with Gasteiger partial charge in [0.25, 0.3) is 0 Å². The van der Waals surface area contributed by atoms with Crippen LogP contribution in [0.3, 0.4) is 0 Å². The fraction of sp³-hybridized carbons (Fsp3) is 0.600. The molecule has 0 spiro atoms. The molecule has 1 atom stereocenters. The van der Waals surface area contributed by atoms with Crippen molar-refractivity contribution in [2.45, 2.75) is 88.5 Å². The molecule has 6 nitrogen and oxygen atoms in total. The maximum Gasteiger partial charge on any atom is 0.420 e. The minimum Gasteiger partial charge on any atom is -0.492 e. The lowest BCUT2D eigenvalue weighted by molar-refractivity contribution is -0.139. The number of alkyl halides is 5. The van der Waals surface area contributed by atoms with E-state index in [1.165, 1.54) is 30.3 Å². The highest BCUT2D eigenvalue weighted by Gasteiger charge is 2.50. The van der Waals surface area contributed by atoms with Crippen LogP contribution in [0, 0.1) is 5.82 Å². The maximum absolute atomic E-state index is 14.6. The fourth-order valence-corrected chi connectivity index (χ4v) is 8.52. The van der Waals surface area contributed by atoms with Gasteiger partial charge in [-0.1, -0.05) is 13.8 Å². The van der Waals surface area contributed by atoms with Gasteiger partial charge in [-0.05, 0) is 95.4 Å². The third-order valence-corrected chi connectivity index (χ3v) is 12.1. The van der Waals surface area contributed by atoms with Gasteiger partial charge >= 0.3 is 13.8 Å². The van der Waals surface area contributed by atoms with Gasteiger partial charge in [0.2, 0.25) is 5.92 Å². The van der Waals surface area contributed by atoms with Gasteiger partial charge in [-0.2, -0.15) is 13.2 Å². The van der Waals surface area contributed by atoms with E-state index in [4.69, 9.17) is 13.8 Å². The first-order chi connectivity index (χ1) is 20.5. The average Bonchev–Trinajstić information content (AvgIpc) is 3.07. The predicted octanol–water partition coefficient (Wildman–Crippen LogP) is 9.94. The zero-order valence-corrected chi connectivity index (χ0v) is 27.6. The summed E-state index contributed by atoms with van der Waals surface area (Å²) in [6, 6.07) is 7.02. The molecule has 1 heterocycles. The second-order valence-electron chi connectivity index (χ2n) is 10.9. The Kier molecular flexibility index (Phi) is 12.2. The topological polar surface area (TPSA) is 51.2 Å². The van der Waals surface area contributed by atoms with Gasteiger partial charge in [0, 0.05) is 24.7 Å². The van der Waals surface area contributed by atoms with Crippen LogP contribution >= 0.6 is 19.5 Å². The van der Waals surface area contributed by atoms with Crippen molar-refractivity contribution in [2.75, 3.05) is 38.3 Å². The van der Waals surface area contributed by atoms with Crippen molar-refractivity contribution in [1.82, 2.24) is 4.31 Å². The molecule has 44 heavy (non-hydrogen) atoms. The minimum absolute atomic E-state index is 0.0633. The van der Waals surface area contributed by atoms with Crippen LogP contribution in [0.1, 0.15) is 65.9 Å². The van der Waals surface area contributed by atoms with E-state index in [-0.39, 0.29) is 51.3 Å². The summed E-state index contributed by atoms with van der Waals surface area (Å²) in [5.41, 5.74) is -0.483. The number of hydrogen-bond donors (Lipinski definition) is 0. The van der Waals surface area contributed by atoms with E-state index in [0.29, 0.717) is 10.6 Å². The number of hydrogen-bond acceptors (Lipinski definition) is 7. The number of ether oxygens (including phenoxy) is 1. The molecule has 14 heteroatoms. The second kappa shape index (κ2) is 14.7. The van der Waals surface area contributed by atoms with E-state index in [1.54, 1.807) is 43.9 Å². The third kappa shape index (κ3) is 8.46. The quantitative estimate of drug-likeness (QED) is 0.113. The molecule has 0 unspecified atom stereocenters. The molecule has 3 rings (SSSR count). The molecular formula is C30H41F6N2O4PS. The van der Waals surface area contributed by atoms with E-state index in [0.717, 1.165) is 24.9 Å². The average molecular weight is 671 g/mol. The fourth-order valence-electron chi connectivity index (χ4n) is 5.17. The molecule has 1 aliphatic heterocycles. The lowest BCUT2D eigenvalue weighted by Gasteiger charge is -2.37.